The number of carbonyl (C=O) groups excluding carboxylic acids is 3. The second-order valence-corrected chi connectivity index (χ2v) is 6.88. The number of amides is 3. The summed E-state index contributed by atoms with van der Waals surface area (Å²) in [6, 6.07) is 12.2. The minimum absolute atomic E-state index is 0.242. The van der Waals surface area contributed by atoms with Gasteiger partial charge in [0.1, 0.15) is 17.1 Å². The summed E-state index contributed by atoms with van der Waals surface area (Å²) in [6.07, 6.45) is 1.36. The Morgan fingerprint density at radius 2 is 1.69 bits per heavy atom. The Labute approximate surface area is 169 Å². The second kappa shape index (κ2) is 8.34. The van der Waals surface area contributed by atoms with E-state index in [1.54, 1.807) is 30.3 Å². The first-order valence-electron chi connectivity index (χ1n) is 9.42. The first kappa shape index (κ1) is 20.4. The van der Waals surface area contributed by atoms with Crippen molar-refractivity contribution in [3.63, 3.8) is 0 Å². The molecule has 0 aliphatic carbocycles. The molecular weight excluding hydrogens is 372 g/mol. The highest BCUT2D eigenvalue weighted by atomic mass is 16.5. The standard InChI is InChI=1S/C22H24N2O5/c1-4-22(13-12-18(25)24-21(22)27)14-8-10-15(11-9-14)23-20(26)19-16(28-2)6-5-7-17(19)29-3/h5-11H,4,12-13H2,1-3H3,(H,23,26)(H,24,25,27). The number of ether oxygens (including phenoxy) is 2. The van der Waals surface area contributed by atoms with Crippen LogP contribution in [0.4, 0.5) is 5.69 Å². The molecule has 7 heteroatoms. The Morgan fingerprint density at radius 1 is 1.07 bits per heavy atom. The molecule has 0 saturated carbocycles. The monoisotopic (exact) mass is 396 g/mol. The van der Waals surface area contributed by atoms with Crippen LogP contribution in [-0.2, 0) is 15.0 Å². The summed E-state index contributed by atoms with van der Waals surface area (Å²) >= 11 is 0. The Bertz CT molecular complexity index is 916. The highest BCUT2D eigenvalue weighted by molar-refractivity contribution is 6.08. The van der Waals surface area contributed by atoms with Crippen molar-refractivity contribution in [2.75, 3.05) is 19.5 Å². The van der Waals surface area contributed by atoms with E-state index in [0.717, 1.165) is 5.56 Å². The molecule has 0 aromatic heterocycles. The van der Waals surface area contributed by atoms with Crippen LogP contribution in [-0.4, -0.2) is 31.9 Å². The van der Waals surface area contributed by atoms with E-state index in [1.165, 1.54) is 14.2 Å². The van der Waals surface area contributed by atoms with Crippen LogP contribution in [0.1, 0.15) is 42.1 Å². The third-order valence-electron chi connectivity index (χ3n) is 5.42. The van der Waals surface area contributed by atoms with Gasteiger partial charge < -0.3 is 14.8 Å². The lowest BCUT2D eigenvalue weighted by Crippen LogP contribution is -2.51. The van der Waals surface area contributed by atoms with Gasteiger partial charge >= 0.3 is 0 Å². The first-order valence-corrected chi connectivity index (χ1v) is 9.42. The maximum absolute atomic E-state index is 12.8. The molecule has 152 valence electrons. The normalized spacial score (nSPS) is 18.7. The Hall–Kier alpha value is -3.35. The summed E-state index contributed by atoms with van der Waals surface area (Å²) in [7, 11) is 2.98. The van der Waals surface area contributed by atoms with Crippen molar-refractivity contribution in [1.29, 1.82) is 0 Å². The zero-order valence-corrected chi connectivity index (χ0v) is 16.7. The van der Waals surface area contributed by atoms with Crippen molar-refractivity contribution in [2.24, 2.45) is 0 Å². The molecule has 1 saturated heterocycles. The van der Waals surface area contributed by atoms with Crippen LogP contribution in [0, 0.1) is 0 Å². The van der Waals surface area contributed by atoms with E-state index in [0.29, 0.717) is 42.0 Å². The number of rotatable bonds is 6. The summed E-state index contributed by atoms with van der Waals surface area (Å²) in [5.41, 5.74) is 0.961. The molecule has 2 aromatic rings. The van der Waals surface area contributed by atoms with Crippen LogP contribution in [0.2, 0.25) is 0 Å². The van der Waals surface area contributed by atoms with Crippen LogP contribution in [0.25, 0.3) is 0 Å². The highest BCUT2D eigenvalue weighted by Gasteiger charge is 2.42. The van der Waals surface area contributed by atoms with E-state index in [2.05, 4.69) is 10.6 Å². The summed E-state index contributed by atoms with van der Waals surface area (Å²) in [6.45, 7) is 1.93. The molecule has 1 fully saturated rings. The topological polar surface area (TPSA) is 93.7 Å². The van der Waals surface area contributed by atoms with Crippen LogP contribution in [0.3, 0.4) is 0 Å². The van der Waals surface area contributed by atoms with E-state index in [1.807, 2.05) is 19.1 Å². The average molecular weight is 396 g/mol. The molecule has 1 aliphatic rings. The number of hydrogen-bond donors (Lipinski definition) is 2. The molecule has 0 spiro atoms. The molecule has 0 bridgehead atoms. The van der Waals surface area contributed by atoms with Gasteiger partial charge in [-0.2, -0.15) is 0 Å². The molecule has 2 N–H and O–H groups in total. The summed E-state index contributed by atoms with van der Waals surface area (Å²) in [4.78, 5) is 36.8. The van der Waals surface area contributed by atoms with Crippen LogP contribution < -0.4 is 20.1 Å². The third kappa shape index (κ3) is 3.81. The summed E-state index contributed by atoms with van der Waals surface area (Å²) < 4.78 is 10.6. The summed E-state index contributed by atoms with van der Waals surface area (Å²) in [5, 5.41) is 5.27. The van der Waals surface area contributed by atoms with Gasteiger partial charge in [0.15, 0.2) is 0 Å². The zero-order valence-electron chi connectivity index (χ0n) is 16.7. The molecule has 0 radical (unpaired) electrons. The van der Waals surface area contributed by atoms with E-state index < -0.39 is 5.41 Å². The number of hydrogen-bond acceptors (Lipinski definition) is 5. The number of carbonyl (C=O) groups is 3. The smallest absolute Gasteiger partial charge is 0.263 e. The fraction of sp³-hybridized carbons (Fsp3) is 0.318. The molecule has 2 aromatic carbocycles. The van der Waals surface area contributed by atoms with Crippen molar-refractivity contribution < 1.29 is 23.9 Å². The van der Waals surface area contributed by atoms with Gasteiger partial charge in [-0.3, -0.25) is 19.7 Å². The first-order chi connectivity index (χ1) is 13.9. The predicted molar refractivity (Wildman–Crippen MR) is 108 cm³/mol. The van der Waals surface area contributed by atoms with E-state index in [9.17, 15) is 14.4 Å². The number of methoxy groups -OCH3 is 2. The van der Waals surface area contributed by atoms with Crippen molar-refractivity contribution in [3.8, 4) is 11.5 Å². The lowest BCUT2D eigenvalue weighted by molar-refractivity contribution is -0.138. The van der Waals surface area contributed by atoms with Crippen LogP contribution in [0.15, 0.2) is 42.5 Å². The van der Waals surface area contributed by atoms with Crippen LogP contribution in [0.5, 0.6) is 11.5 Å². The minimum Gasteiger partial charge on any atom is -0.496 e. The Kier molecular flexibility index (Phi) is 5.87. The quantitative estimate of drug-likeness (QED) is 0.732. The second-order valence-electron chi connectivity index (χ2n) is 6.88. The van der Waals surface area contributed by atoms with Gasteiger partial charge in [0.05, 0.1) is 19.6 Å². The van der Waals surface area contributed by atoms with E-state index in [4.69, 9.17) is 9.47 Å². The molecule has 1 unspecified atom stereocenters. The van der Waals surface area contributed by atoms with Gasteiger partial charge in [-0.05, 0) is 42.7 Å². The SMILES string of the molecule is CCC1(c2ccc(NC(=O)c3c(OC)cccc3OC)cc2)CCC(=O)NC1=O. The van der Waals surface area contributed by atoms with Gasteiger partial charge in [0.2, 0.25) is 11.8 Å². The summed E-state index contributed by atoms with van der Waals surface area (Å²) in [5.74, 6) is -0.0577. The van der Waals surface area contributed by atoms with Crippen molar-refractivity contribution >= 4 is 23.4 Å². The fourth-order valence-electron chi connectivity index (χ4n) is 3.71. The fourth-order valence-corrected chi connectivity index (χ4v) is 3.71. The maximum atomic E-state index is 12.8. The number of nitrogens with one attached hydrogen (secondary N) is 2. The number of imide groups is 1. The molecule has 3 rings (SSSR count). The van der Waals surface area contributed by atoms with E-state index in [-0.39, 0.29) is 17.7 Å². The van der Waals surface area contributed by atoms with Gasteiger partial charge in [-0.1, -0.05) is 25.1 Å². The van der Waals surface area contributed by atoms with Gasteiger partial charge in [0.25, 0.3) is 5.91 Å². The molecule has 1 aliphatic heterocycles. The lowest BCUT2D eigenvalue weighted by Gasteiger charge is -2.35. The minimum atomic E-state index is -0.734. The zero-order chi connectivity index (χ0) is 21.0. The average Bonchev–Trinajstić information content (AvgIpc) is 2.74. The Morgan fingerprint density at radius 3 is 2.21 bits per heavy atom. The van der Waals surface area contributed by atoms with Gasteiger partial charge in [0, 0.05) is 12.1 Å². The highest BCUT2D eigenvalue weighted by Crippen LogP contribution is 2.36. The van der Waals surface area contributed by atoms with Crippen LogP contribution >= 0.6 is 0 Å². The largest absolute Gasteiger partial charge is 0.496 e. The number of piperidine rings is 1. The number of benzene rings is 2. The van der Waals surface area contributed by atoms with Crippen molar-refractivity contribution in [2.45, 2.75) is 31.6 Å². The molecule has 3 amide bonds. The van der Waals surface area contributed by atoms with Crippen molar-refractivity contribution in [1.82, 2.24) is 5.32 Å². The molecule has 1 atom stereocenters. The van der Waals surface area contributed by atoms with Gasteiger partial charge in [-0.15, -0.1) is 0 Å². The molecule has 7 nitrogen and oxygen atoms in total. The third-order valence-corrected chi connectivity index (χ3v) is 5.42. The van der Waals surface area contributed by atoms with Crippen molar-refractivity contribution in [3.05, 3.63) is 53.6 Å². The Balaban J connectivity index is 1.84. The van der Waals surface area contributed by atoms with Gasteiger partial charge in [-0.25, -0.2) is 0 Å². The molecular formula is C22H24N2O5. The van der Waals surface area contributed by atoms with E-state index >= 15 is 0 Å². The predicted octanol–water partition coefficient (Wildman–Crippen LogP) is 3.04. The maximum Gasteiger partial charge on any atom is 0.263 e. The molecule has 29 heavy (non-hydrogen) atoms. The number of anilines is 1. The molecule has 1 heterocycles. The lowest BCUT2D eigenvalue weighted by atomic mass is 9.72.